The van der Waals surface area contributed by atoms with Gasteiger partial charge in [-0.1, -0.05) is 41.9 Å². The predicted molar refractivity (Wildman–Crippen MR) is 81.3 cm³/mol. The zero-order valence-corrected chi connectivity index (χ0v) is 13.0. The molecule has 0 amide bonds. The highest BCUT2D eigenvalue weighted by atomic mass is 79.9. The van der Waals surface area contributed by atoms with Crippen LogP contribution in [0.5, 0.6) is 5.75 Å². The average Bonchev–Trinajstić information content (AvgIpc) is 2.35. The number of nitrogens with one attached hydrogen (secondary N) is 1. The highest BCUT2D eigenvalue weighted by molar-refractivity contribution is 9.10. The van der Waals surface area contributed by atoms with Crippen molar-refractivity contribution in [1.29, 1.82) is 0 Å². The van der Waals surface area contributed by atoms with E-state index in [9.17, 15) is 0 Å². The van der Waals surface area contributed by atoms with E-state index in [1.165, 1.54) is 5.56 Å². The SMILES string of the molecule is COc1ccc(Br)c(CC=CCCNC(C)C)c1. The van der Waals surface area contributed by atoms with Crippen molar-refractivity contribution in [3.8, 4) is 5.75 Å². The fourth-order valence-corrected chi connectivity index (χ4v) is 2.03. The van der Waals surface area contributed by atoms with Crippen LogP contribution in [0.15, 0.2) is 34.8 Å². The Morgan fingerprint density at radius 1 is 1.33 bits per heavy atom. The molecule has 2 nitrogen and oxygen atoms in total. The van der Waals surface area contributed by atoms with Gasteiger partial charge in [0.25, 0.3) is 0 Å². The molecule has 0 radical (unpaired) electrons. The summed E-state index contributed by atoms with van der Waals surface area (Å²) in [5.41, 5.74) is 1.25. The predicted octanol–water partition coefficient (Wildman–Crippen LogP) is 3.94. The minimum atomic E-state index is 0.561. The molecule has 0 saturated heterocycles. The zero-order valence-electron chi connectivity index (χ0n) is 11.4. The highest BCUT2D eigenvalue weighted by Crippen LogP contribution is 2.23. The van der Waals surface area contributed by atoms with Crippen LogP contribution in [-0.2, 0) is 6.42 Å². The Bertz CT molecular complexity index is 388. The van der Waals surface area contributed by atoms with E-state index in [0.29, 0.717) is 6.04 Å². The first-order chi connectivity index (χ1) is 8.63. The lowest BCUT2D eigenvalue weighted by Crippen LogP contribution is -2.23. The first-order valence-electron chi connectivity index (χ1n) is 6.34. The minimum Gasteiger partial charge on any atom is -0.497 e. The van der Waals surface area contributed by atoms with Gasteiger partial charge in [-0.25, -0.2) is 0 Å². The van der Waals surface area contributed by atoms with Gasteiger partial charge in [-0.15, -0.1) is 0 Å². The average molecular weight is 312 g/mol. The molecule has 1 rings (SSSR count). The third-order valence-electron chi connectivity index (χ3n) is 2.62. The summed E-state index contributed by atoms with van der Waals surface area (Å²) in [4.78, 5) is 0. The molecule has 18 heavy (non-hydrogen) atoms. The van der Waals surface area contributed by atoms with Crippen molar-refractivity contribution in [1.82, 2.24) is 5.32 Å². The topological polar surface area (TPSA) is 21.3 Å². The van der Waals surface area contributed by atoms with E-state index in [1.54, 1.807) is 7.11 Å². The number of methoxy groups -OCH3 is 1. The van der Waals surface area contributed by atoms with Gasteiger partial charge in [0.05, 0.1) is 7.11 Å². The van der Waals surface area contributed by atoms with Crippen molar-refractivity contribution >= 4 is 15.9 Å². The van der Waals surface area contributed by atoms with Crippen LogP contribution in [0.4, 0.5) is 0 Å². The summed E-state index contributed by atoms with van der Waals surface area (Å²) in [5, 5.41) is 3.39. The molecule has 0 fully saturated rings. The Balaban J connectivity index is 2.40. The normalized spacial score (nSPS) is 11.4. The van der Waals surface area contributed by atoms with E-state index < -0.39 is 0 Å². The molecule has 0 heterocycles. The van der Waals surface area contributed by atoms with Gasteiger partial charge in [-0.05, 0) is 43.1 Å². The number of ether oxygens (including phenoxy) is 1. The van der Waals surface area contributed by atoms with Crippen LogP contribution in [-0.4, -0.2) is 19.7 Å². The highest BCUT2D eigenvalue weighted by Gasteiger charge is 1.99. The standard InChI is InChI=1S/C15H22BrNO/c1-12(2)17-10-6-4-5-7-13-11-14(18-3)8-9-15(13)16/h4-5,8-9,11-12,17H,6-7,10H2,1-3H3. The van der Waals surface area contributed by atoms with E-state index >= 15 is 0 Å². The summed E-state index contributed by atoms with van der Waals surface area (Å²) in [6.07, 6.45) is 6.43. The molecule has 0 atom stereocenters. The Morgan fingerprint density at radius 3 is 2.78 bits per heavy atom. The molecule has 100 valence electrons. The second-order valence-corrected chi connectivity index (χ2v) is 5.38. The summed E-state index contributed by atoms with van der Waals surface area (Å²) in [6.45, 7) is 5.36. The van der Waals surface area contributed by atoms with Crippen molar-refractivity contribution < 1.29 is 4.74 Å². The second-order valence-electron chi connectivity index (χ2n) is 4.53. The summed E-state index contributed by atoms with van der Waals surface area (Å²) in [6, 6.07) is 6.62. The zero-order chi connectivity index (χ0) is 13.4. The maximum Gasteiger partial charge on any atom is 0.119 e. The van der Waals surface area contributed by atoms with Gasteiger partial charge in [-0.2, -0.15) is 0 Å². The van der Waals surface area contributed by atoms with Gasteiger partial charge < -0.3 is 10.1 Å². The number of benzene rings is 1. The minimum absolute atomic E-state index is 0.561. The third-order valence-corrected chi connectivity index (χ3v) is 3.39. The first-order valence-corrected chi connectivity index (χ1v) is 7.13. The van der Waals surface area contributed by atoms with Crippen LogP contribution >= 0.6 is 15.9 Å². The molecule has 1 N–H and O–H groups in total. The third kappa shape index (κ3) is 5.69. The molecule has 0 aliphatic heterocycles. The smallest absolute Gasteiger partial charge is 0.119 e. The molecule has 0 aliphatic carbocycles. The number of rotatable bonds is 7. The van der Waals surface area contributed by atoms with Gasteiger partial charge in [0.2, 0.25) is 0 Å². The van der Waals surface area contributed by atoms with E-state index in [0.717, 1.165) is 29.6 Å². The van der Waals surface area contributed by atoms with Crippen LogP contribution in [0.25, 0.3) is 0 Å². The quantitative estimate of drug-likeness (QED) is 0.608. The Morgan fingerprint density at radius 2 is 2.11 bits per heavy atom. The van der Waals surface area contributed by atoms with Crippen molar-refractivity contribution in [3.63, 3.8) is 0 Å². The Kier molecular flexibility index (Phi) is 7.06. The summed E-state index contributed by atoms with van der Waals surface area (Å²) in [7, 11) is 1.69. The molecular weight excluding hydrogens is 290 g/mol. The van der Waals surface area contributed by atoms with Crippen molar-refractivity contribution in [2.75, 3.05) is 13.7 Å². The van der Waals surface area contributed by atoms with E-state index in [2.05, 4.69) is 53.3 Å². The monoisotopic (exact) mass is 311 g/mol. The van der Waals surface area contributed by atoms with Crippen molar-refractivity contribution in [2.45, 2.75) is 32.7 Å². The number of hydrogen-bond donors (Lipinski definition) is 1. The van der Waals surface area contributed by atoms with E-state index in [4.69, 9.17) is 4.74 Å². The first kappa shape index (κ1) is 15.3. The molecular formula is C15H22BrNO. The molecule has 0 unspecified atom stereocenters. The molecule has 0 aromatic heterocycles. The summed E-state index contributed by atoms with van der Waals surface area (Å²) in [5.74, 6) is 0.906. The van der Waals surface area contributed by atoms with E-state index in [-0.39, 0.29) is 0 Å². The molecule has 0 aliphatic rings. The fraction of sp³-hybridized carbons (Fsp3) is 0.467. The van der Waals surface area contributed by atoms with Gasteiger partial charge >= 0.3 is 0 Å². The maximum atomic E-state index is 5.23. The molecule has 0 spiro atoms. The van der Waals surface area contributed by atoms with Crippen LogP contribution in [0.2, 0.25) is 0 Å². The number of allylic oxidation sites excluding steroid dienone is 1. The Labute approximate surface area is 119 Å². The molecule has 1 aromatic rings. The lowest BCUT2D eigenvalue weighted by atomic mass is 10.1. The molecule has 3 heteroatoms. The van der Waals surface area contributed by atoms with Crippen LogP contribution in [0.1, 0.15) is 25.8 Å². The van der Waals surface area contributed by atoms with Gasteiger partial charge in [0.1, 0.15) is 5.75 Å². The summed E-state index contributed by atoms with van der Waals surface area (Å²) < 4.78 is 6.36. The van der Waals surface area contributed by atoms with Gasteiger partial charge in [-0.3, -0.25) is 0 Å². The van der Waals surface area contributed by atoms with Gasteiger partial charge in [0.15, 0.2) is 0 Å². The largest absolute Gasteiger partial charge is 0.497 e. The fourth-order valence-electron chi connectivity index (χ4n) is 1.62. The van der Waals surface area contributed by atoms with Gasteiger partial charge in [0, 0.05) is 10.5 Å². The van der Waals surface area contributed by atoms with Crippen molar-refractivity contribution in [3.05, 3.63) is 40.4 Å². The summed E-state index contributed by atoms with van der Waals surface area (Å²) >= 11 is 3.56. The van der Waals surface area contributed by atoms with Crippen LogP contribution < -0.4 is 10.1 Å². The van der Waals surface area contributed by atoms with E-state index in [1.807, 2.05) is 12.1 Å². The lowest BCUT2D eigenvalue weighted by molar-refractivity contribution is 0.414. The second kappa shape index (κ2) is 8.33. The number of halogens is 1. The van der Waals surface area contributed by atoms with Crippen LogP contribution in [0.3, 0.4) is 0 Å². The Hall–Kier alpha value is -0.800. The molecule has 0 bridgehead atoms. The molecule has 1 aromatic carbocycles. The maximum absolute atomic E-state index is 5.23. The lowest BCUT2D eigenvalue weighted by Gasteiger charge is -2.06. The van der Waals surface area contributed by atoms with Crippen LogP contribution in [0, 0.1) is 0 Å². The number of hydrogen-bond acceptors (Lipinski definition) is 2. The molecule has 0 saturated carbocycles. The van der Waals surface area contributed by atoms with Crippen molar-refractivity contribution in [2.24, 2.45) is 0 Å².